The van der Waals surface area contributed by atoms with E-state index in [1.807, 2.05) is 20.8 Å². The lowest BCUT2D eigenvalue weighted by atomic mass is 10.3. The Morgan fingerprint density at radius 1 is 1.33 bits per heavy atom. The molecule has 1 amide bonds. The molecule has 5 nitrogen and oxygen atoms in total. The fourth-order valence-corrected chi connectivity index (χ4v) is 1.54. The molecule has 18 heavy (non-hydrogen) atoms. The van der Waals surface area contributed by atoms with Crippen LogP contribution in [0.1, 0.15) is 31.7 Å². The molecule has 0 radical (unpaired) electrons. The van der Waals surface area contributed by atoms with Crippen LogP contribution in [0.2, 0.25) is 5.15 Å². The number of aromatic nitrogens is 2. The maximum Gasteiger partial charge on any atom is 0.239 e. The molecule has 0 fully saturated rings. The van der Waals surface area contributed by atoms with Crippen molar-refractivity contribution in [2.45, 2.75) is 33.6 Å². The number of hydrogen-bond donors (Lipinski definition) is 2. The van der Waals surface area contributed by atoms with Gasteiger partial charge in [0.05, 0.1) is 6.54 Å². The monoisotopic (exact) mass is 270 g/mol. The number of nitrogens with zero attached hydrogens (tertiary/aromatic N) is 2. The van der Waals surface area contributed by atoms with E-state index in [1.165, 1.54) is 0 Å². The minimum Gasteiger partial charge on any atom is -0.361 e. The topological polar surface area (TPSA) is 66.9 Å². The molecule has 0 aliphatic rings. The van der Waals surface area contributed by atoms with E-state index in [2.05, 4.69) is 20.6 Å². The lowest BCUT2D eigenvalue weighted by Gasteiger charge is -2.10. The summed E-state index contributed by atoms with van der Waals surface area (Å²) in [6.45, 7) is 6.67. The second-order valence-corrected chi connectivity index (χ2v) is 4.32. The summed E-state index contributed by atoms with van der Waals surface area (Å²) in [6, 6.07) is 0. The number of hydrogen-bond acceptors (Lipinski definition) is 4. The third-order valence-corrected chi connectivity index (χ3v) is 2.81. The summed E-state index contributed by atoms with van der Waals surface area (Å²) in [7, 11) is 0. The van der Waals surface area contributed by atoms with Gasteiger partial charge in [-0.1, -0.05) is 25.4 Å². The van der Waals surface area contributed by atoms with E-state index in [-0.39, 0.29) is 12.5 Å². The summed E-state index contributed by atoms with van der Waals surface area (Å²) in [4.78, 5) is 19.9. The van der Waals surface area contributed by atoms with Gasteiger partial charge in [-0.25, -0.2) is 9.97 Å². The normalized spacial score (nSPS) is 10.2. The molecule has 0 unspecified atom stereocenters. The quantitative estimate of drug-likeness (QED) is 0.776. The van der Waals surface area contributed by atoms with Crippen LogP contribution in [0, 0.1) is 6.92 Å². The highest BCUT2D eigenvalue weighted by Gasteiger charge is 2.09. The Balaban J connectivity index is 2.66. The second-order valence-electron chi connectivity index (χ2n) is 3.96. The summed E-state index contributed by atoms with van der Waals surface area (Å²) in [5.74, 6) is 1.24. The summed E-state index contributed by atoms with van der Waals surface area (Å²) in [6.07, 6.45) is 1.63. The first-order valence-corrected chi connectivity index (χ1v) is 6.49. The molecule has 1 heterocycles. The first-order valence-electron chi connectivity index (χ1n) is 6.12. The van der Waals surface area contributed by atoms with Crippen LogP contribution in [-0.2, 0) is 11.2 Å². The zero-order valence-corrected chi connectivity index (χ0v) is 11.8. The molecule has 1 aromatic heterocycles. The Morgan fingerprint density at radius 2 is 2.06 bits per heavy atom. The van der Waals surface area contributed by atoms with Crippen molar-refractivity contribution in [1.29, 1.82) is 0 Å². The van der Waals surface area contributed by atoms with Crippen molar-refractivity contribution in [3.63, 3.8) is 0 Å². The SMILES string of the molecule is CCCNC(=O)CNc1nc(CC)nc(Cl)c1C. The third kappa shape index (κ3) is 4.14. The number of carbonyl (C=O) groups excluding carboxylic acids is 1. The van der Waals surface area contributed by atoms with Gasteiger partial charge in [-0.15, -0.1) is 0 Å². The summed E-state index contributed by atoms with van der Waals surface area (Å²) < 4.78 is 0. The van der Waals surface area contributed by atoms with Gasteiger partial charge >= 0.3 is 0 Å². The Hall–Kier alpha value is -1.36. The van der Waals surface area contributed by atoms with E-state index in [0.29, 0.717) is 29.8 Å². The Kier molecular flexibility index (Phi) is 5.85. The Morgan fingerprint density at radius 3 is 2.67 bits per heavy atom. The van der Waals surface area contributed by atoms with Gasteiger partial charge in [0.25, 0.3) is 0 Å². The molecule has 0 saturated heterocycles. The van der Waals surface area contributed by atoms with Gasteiger partial charge in [-0.2, -0.15) is 0 Å². The fourth-order valence-electron chi connectivity index (χ4n) is 1.35. The van der Waals surface area contributed by atoms with Gasteiger partial charge in [-0.05, 0) is 13.3 Å². The van der Waals surface area contributed by atoms with Crippen LogP contribution in [-0.4, -0.2) is 29.0 Å². The van der Waals surface area contributed by atoms with E-state index in [9.17, 15) is 4.79 Å². The number of halogens is 1. The highest BCUT2D eigenvalue weighted by atomic mass is 35.5. The maximum absolute atomic E-state index is 11.5. The van der Waals surface area contributed by atoms with Crippen molar-refractivity contribution in [3.8, 4) is 0 Å². The highest BCUT2D eigenvalue weighted by molar-refractivity contribution is 6.30. The van der Waals surface area contributed by atoms with Crippen molar-refractivity contribution >= 4 is 23.3 Å². The third-order valence-electron chi connectivity index (χ3n) is 2.44. The van der Waals surface area contributed by atoms with Crippen molar-refractivity contribution in [2.24, 2.45) is 0 Å². The molecule has 0 bridgehead atoms. The Bertz CT molecular complexity index is 423. The Labute approximate surface area is 112 Å². The number of aryl methyl sites for hydroxylation is 1. The number of amides is 1. The van der Waals surface area contributed by atoms with Crippen LogP contribution in [0.3, 0.4) is 0 Å². The van der Waals surface area contributed by atoms with Gasteiger partial charge in [0.1, 0.15) is 16.8 Å². The van der Waals surface area contributed by atoms with Gasteiger partial charge in [0, 0.05) is 18.5 Å². The minimum atomic E-state index is -0.0518. The molecule has 0 aliphatic heterocycles. The van der Waals surface area contributed by atoms with Crippen LogP contribution in [0.25, 0.3) is 0 Å². The maximum atomic E-state index is 11.5. The lowest BCUT2D eigenvalue weighted by molar-refractivity contribution is -0.119. The number of nitrogens with one attached hydrogen (secondary N) is 2. The molecule has 0 aromatic carbocycles. The molecule has 0 spiro atoms. The summed E-state index contributed by atoms with van der Waals surface area (Å²) >= 11 is 6.01. The molecule has 1 aromatic rings. The largest absolute Gasteiger partial charge is 0.361 e. The van der Waals surface area contributed by atoms with Gasteiger partial charge in [0.15, 0.2) is 0 Å². The molecule has 0 saturated carbocycles. The predicted octanol–water partition coefficient (Wildman–Crippen LogP) is 1.94. The van der Waals surface area contributed by atoms with Crippen molar-refractivity contribution in [1.82, 2.24) is 15.3 Å². The van der Waals surface area contributed by atoms with Crippen LogP contribution in [0.15, 0.2) is 0 Å². The van der Waals surface area contributed by atoms with Gasteiger partial charge in [0.2, 0.25) is 5.91 Å². The lowest BCUT2D eigenvalue weighted by Crippen LogP contribution is -2.30. The van der Waals surface area contributed by atoms with Crippen LogP contribution < -0.4 is 10.6 Å². The summed E-state index contributed by atoms with van der Waals surface area (Å²) in [5.41, 5.74) is 0.761. The van der Waals surface area contributed by atoms with Crippen molar-refractivity contribution in [2.75, 3.05) is 18.4 Å². The second kappa shape index (κ2) is 7.16. The number of carbonyl (C=O) groups is 1. The van der Waals surface area contributed by atoms with Gasteiger partial charge < -0.3 is 10.6 Å². The average molecular weight is 271 g/mol. The fraction of sp³-hybridized carbons (Fsp3) is 0.583. The first-order chi connectivity index (χ1) is 8.58. The molecular formula is C12H19ClN4O. The molecule has 2 N–H and O–H groups in total. The molecular weight excluding hydrogens is 252 g/mol. The minimum absolute atomic E-state index is 0.0518. The van der Waals surface area contributed by atoms with Crippen molar-refractivity contribution < 1.29 is 4.79 Å². The van der Waals surface area contributed by atoms with Crippen LogP contribution >= 0.6 is 11.6 Å². The van der Waals surface area contributed by atoms with Crippen LogP contribution in [0.5, 0.6) is 0 Å². The van der Waals surface area contributed by atoms with Crippen molar-refractivity contribution in [3.05, 3.63) is 16.5 Å². The predicted molar refractivity (Wildman–Crippen MR) is 72.9 cm³/mol. The molecule has 0 aliphatic carbocycles. The standard InChI is InChI=1S/C12H19ClN4O/c1-4-6-14-10(18)7-15-12-8(3)11(13)16-9(5-2)17-12/h4-7H2,1-3H3,(H,14,18)(H,15,16,17). The molecule has 100 valence electrons. The van der Waals surface area contributed by atoms with E-state index in [0.717, 1.165) is 12.0 Å². The molecule has 0 atom stereocenters. The average Bonchev–Trinajstić information content (AvgIpc) is 2.37. The van der Waals surface area contributed by atoms with E-state index < -0.39 is 0 Å². The smallest absolute Gasteiger partial charge is 0.239 e. The zero-order valence-electron chi connectivity index (χ0n) is 11.0. The number of anilines is 1. The van der Waals surface area contributed by atoms with E-state index in [1.54, 1.807) is 0 Å². The highest BCUT2D eigenvalue weighted by Crippen LogP contribution is 2.19. The van der Waals surface area contributed by atoms with Gasteiger partial charge in [-0.3, -0.25) is 4.79 Å². The van der Waals surface area contributed by atoms with E-state index >= 15 is 0 Å². The van der Waals surface area contributed by atoms with Crippen LogP contribution in [0.4, 0.5) is 5.82 Å². The first kappa shape index (κ1) is 14.7. The van der Waals surface area contributed by atoms with E-state index in [4.69, 9.17) is 11.6 Å². The zero-order chi connectivity index (χ0) is 13.5. The molecule has 6 heteroatoms. The molecule has 1 rings (SSSR count). The number of rotatable bonds is 6. The summed E-state index contributed by atoms with van der Waals surface area (Å²) in [5, 5.41) is 6.21.